The summed E-state index contributed by atoms with van der Waals surface area (Å²) in [5, 5.41) is 2.90. The summed E-state index contributed by atoms with van der Waals surface area (Å²) in [5.41, 5.74) is 8.31. The maximum absolute atomic E-state index is 10.7. The summed E-state index contributed by atoms with van der Waals surface area (Å²) >= 11 is 0. The topological polar surface area (TPSA) is 75.1 Å². The van der Waals surface area contributed by atoms with Crippen LogP contribution in [0.1, 0.15) is 6.42 Å². The maximum atomic E-state index is 10.7. The fourth-order valence-corrected chi connectivity index (χ4v) is 0.650. The number of carbonyl (C=O) groups excluding carboxylic acids is 1. The second-order valence-corrected chi connectivity index (χ2v) is 1.76. The van der Waals surface area contributed by atoms with Crippen molar-refractivity contribution in [1.29, 1.82) is 0 Å². The Kier molecular flexibility index (Phi) is 1.92. The van der Waals surface area contributed by atoms with Gasteiger partial charge >= 0.3 is 0 Å². The van der Waals surface area contributed by atoms with Crippen molar-refractivity contribution in [2.24, 2.45) is 5.11 Å². The number of nitrogens with zero attached hydrogens (tertiary/aromatic N) is 3. The van der Waals surface area contributed by atoms with Gasteiger partial charge in [0.2, 0.25) is 5.91 Å². The smallest absolute Gasteiger partial charge is 0.248 e. The van der Waals surface area contributed by atoms with Crippen molar-refractivity contribution in [3.63, 3.8) is 0 Å². The van der Waals surface area contributed by atoms with Gasteiger partial charge in [-0.05, 0) is 10.6 Å². The number of amides is 1. The number of rotatable bonds is 1. The number of carbonyl (C=O) groups is 1. The molecule has 0 spiro atoms. The minimum absolute atomic E-state index is 0.442. The molecule has 0 atom stereocenters. The highest BCUT2D eigenvalue weighted by atomic mass is 16.5. The van der Waals surface area contributed by atoms with Crippen molar-refractivity contribution >= 4 is 5.91 Å². The van der Waals surface area contributed by atoms with E-state index >= 15 is 0 Å². The summed E-state index contributed by atoms with van der Waals surface area (Å²) in [5.74, 6) is -0.542. The second-order valence-electron chi connectivity index (χ2n) is 1.76. The van der Waals surface area contributed by atoms with Crippen molar-refractivity contribution in [2.75, 3.05) is 6.61 Å². The first-order chi connectivity index (χ1) is 4.84. The Hall–Kier alpha value is -1.48. The summed E-state index contributed by atoms with van der Waals surface area (Å²) in [6.07, 6.45) is 1.87. The molecule has 0 radical (unpaired) electrons. The lowest BCUT2D eigenvalue weighted by molar-refractivity contribution is -0.114. The Morgan fingerprint density at radius 1 is 1.90 bits per heavy atom. The van der Waals surface area contributed by atoms with Crippen molar-refractivity contribution in [3.8, 4) is 0 Å². The normalized spacial score (nSPS) is 15.0. The van der Waals surface area contributed by atoms with E-state index in [1.54, 1.807) is 0 Å². The molecule has 52 valence electrons. The molecule has 0 fully saturated rings. The van der Waals surface area contributed by atoms with Crippen LogP contribution in [0, 0.1) is 0 Å². The molecule has 0 aliphatic carbocycles. The number of hydrogen-bond donors (Lipinski definition) is 0. The number of azide groups is 1. The summed E-state index contributed by atoms with van der Waals surface area (Å²) < 4.78 is 4.76. The van der Waals surface area contributed by atoms with E-state index in [1.807, 2.05) is 0 Å². The Balaban J connectivity index is 2.64. The van der Waals surface area contributed by atoms with Gasteiger partial charge < -0.3 is 4.74 Å². The molecule has 1 aliphatic heterocycles. The number of ether oxygens (including phenoxy) is 1. The van der Waals surface area contributed by atoms with Gasteiger partial charge in [0, 0.05) is 16.9 Å². The lowest BCUT2D eigenvalue weighted by Crippen LogP contribution is -1.94. The lowest BCUT2D eigenvalue weighted by Gasteiger charge is -1.85. The quantitative estimate of drug-likeness (QED) is 0.310. The van der Waals surface area contributed by atoms with Gasteiger partial charge in [0.15, 0.2) is 0 Å². The third kappa shape index (κ3) is 1.27. The van der Waals surface area contributed by atoms with E-state index < -0.39 is 5.91 Å². The summed E-state index contributed by atoms with van der Waals surface area (Å²) in [6.45, 7) is 0.502. The van der Waals surface area contributed by atoms with Gasteiger partial charge in [0.1, 0.15) is 0 Å². The second kappa shape index (κ2) is 2.89. The van der Waals surface area contributed by atoms with Crippen LogP contribution in [0.4, 0.5) is 0 Å². The van der Waals surface area contributed by atoms with E-state index in [0.29, 0.717) is 18.6 Å². The molecule has 0 bridgehead atoms. The first-order valence-electron chi connectivity index (χ1n) is 2.74. The Morgan fingerprint density at radius 3 is 3.20 bits per heavy atom. The highest BCUT2D eigenvalue weighted by molar-refractivity contribution is 5.94. The van der Waals surface area contributed by atoms with Gasteiger partial charge in [0.05, 0.1) is 12.9 Å². The Labute approximate surface area is 56.9 Å². The van der Waals surface area contributed by atoms with Gasteiger partial charge in [-0.25, -0.2) is 0 Å². The molecule has 0 aromatic heterocycles. The third-order valence-electron chi connectivity index (χ3n) is 1.13. The SMILES string of the molecule is [N-]=[N+]=NC(=O)C1=COCC1. The minimum atomic E-state index is -0.542. The van der Waals surface area contributed by atoms with E-state index in [-0.39, 0.29) is 0 Å². The molecule has 0 unspecified atom stereocenters. The average molecular weight is 139 g/mol. The molecule has 0 saturated heterocycles. The Morgan fingerprint density at radius 2 is 2.70 bits per heavy atom. The first-order valence-corrected chi connectivity index (χ1v) is 2.74. The molecule has 10 heavy (non-hydrogen) atoms. The molecule has 5 nitrogen and oxygen atoms in total. The zero-order valence-electron chi connectivity index (χ0n) is 5.15. The number of hydrogen-bond acceptors (Lipinski definition) is 2. The monoisotopic (exact) mass is 139 g/mol. The summed E-state index contributed by atoms with van der Waals surface area (Å²) in [7, 11) is 0. The van der Waals surface area contributed by atoms with Crippen LogP contribution in [0.3, 0.4) is 0 Å². The first kappa shape index (κ1) is 6.64. The van der Waals surface area contributed by atoms with Gasteiger partial charge in [-0.1, -0.05) is 0 Å². The van der Waals surface area contributed by atoms with Gasteiger partial charge in [-0.3, -0.25) is 4.79 Å². The lowest BCUT2D eigenvalue weighted by atomic mass is 10.2. The van der Waals surface area contributed by atoms with Gasteiger partial charge in [-0.15, -0.1) is 0 Å². The van der Waals surface area contributed by atoms with E-state index in [4.69, 9.17) is 10.3 Å². The summed E-state index contributed by atoms with van der Waals surface area (Å²) in [6, 6.07) is 0. The third-order valence-corrected chi connectivity index (χ3v) is 1.13. The van der Waals surface area contributed by atoms with Crippen molar-refractivity contribution < 1.29 is 9.53 Å². The van der Waals surface area contributed by atoms with Crippen molar-refractivity contribution in [1.82, 2.24) is 0 Å². The molecule has 5 heteroatoms. The highest BCUT2D eigenvalue weighted by Crippen LogP contribution is 2.11. The van der Waals surface area contributed by atoms with Crippen LogP contribution in [0.5, 0.6) is 0 Å². The molecule has 1 aliphatic rings. The predicted octanol–water partition coefficient (Wildman–Crippen LogP) is 1.13. The zero-order chi connectivity index (χ0) is 7.40. The van der Waals surface area contributed by atoms with E-state index in [9.17, 15) is 4.79 Å². The van der Waals surface area contributed by atoms with Crippen LogP contribution in [0.25, 0.3) is 10.4 Å². The largest absolute Gasteiger partial charge is 0.500 e. The molecular formula is C5H5N3O2. The predicted molar refractivity (Wildman–Crippen MR) is 32.8 cm³/mol. The summed E-state index contributed by atoms with van der Waals surface area (Å²) in [4.78, 5) is 13.0. The molecular weight excluding hydrogens is 134 g/mol. The van der Waals surface area contributed by atoms with Crippen LogP contribution < -0.4 is 0 Å². The Bertz CT molecular complexity index is 227. The van der Waals surface area contributed by atoms with Crippen LogP contribution in [0.15, 0.2) is 16.9 Å². The standard InChI is InChI=1S/C5H5N3O2/c6-8-7-5(9)4-1-2-10-3-4/h3H,1-2H2. The molecule has 1 heterocycles. The molecule has 0 N–H and O–H groups in total. The zero-order valence-corrected chi connectivity index (χ0v) is 5.15. The molecule has 0 aromatic carbocycles. The molecule has 1 amide bonds. The van der Waals surface area contributed by atoms with E-state index in [2.05, 4.69) is 10.0 Å². The highest BCUT2D eigenvalue weighted by Gasteiger charge is 2.11. The van der Waals surface area contributed by atoms with E-state index in [0.717, 1.165) is 0 Å². The molecule has 1 rings (SSSR count). The fraction of sp³-hybridized carbons (Fsp3) is 0.400. The average Bonchev–Trinajstić information content (AvgIpc) is 2.38. The van der Waals surface area contributed by atoms with Crippen LogP contribution in [0.2, 0.25) is 0 Å². The van der Waals surface area contributed by atoms with Crippen LogP contribution in [-0.4, -0.2) is 12.5 Å². The van der Waals surface area contributed by atoms with Crippen molar-refractivity contribution in [3.05, 3.63) is 22.3 Å². The van der Waals surface area contributed by atoms with Gasteiger partial charge in [0.25, 0.3) is 0 Å². The molecule has 0 aromatic rings. The van der Waals surface area contributed by atoms with Crippen molar-refractivity contribution in [2.45, 2.75) is 6.42 Å². The maximum Gasteiger partial charge on any atom is 0.248 e. The van der Waals surface area contributed by atoms with E-state index in [1.165, 1.54) is 6.26 Å². The van der Waals surface area contributed by atoms with Gasteiger partial charge in [-0.2, -0.15) is 0 Å². The fourth-order valence-electron chi connectivity index (χ4n) is 0.650. The molecule has 0 saturated carbocycles. The minimum Gasteiger partial charge on any atom is -0.500 e. The van der Waals surface area contributed by atoms with Crippen LogP contribution >= 0.6 is 0 Å². The van der Waals surface area contributed by atoms with Crippen LogP contribution in [-0.2, 0) is 9.53 Å².